The topological polar surface area (TPSA) is 98.1 Å². The number of rotatable bonds is 6. The summed E-state index contributed by atoms with van der Waals surface area (Å²) in [6.45, 7) is 5.26. The highest BCUT2D eigenvalue weighted by molar-refractivity contribution is 6.13. The zero-order valence-corrected chi connectivity index (χ0v) is 21.4. The Hall–Kier alpha value is -3.87. The minimum Gasteiger partial charge on any atom is -0.507 e. The summed E-state index contributed by atoms with van der Waals surface area (Å²) in [5.74, 6) is -0.922. The van der Waals surface area contributed by atoms with Crippen molar-refractivity contribution >= 4 is 30.3 Å². The summed E-state index contributed by atoms with van der Waals surface area (Å²) in [6.07, 6.45) is 14.2. The van der Waals surface area contributed by atoms with Gasteiger partial charge in [0.25, 0.3) is 0 Å². The number of phenols is 2. The number of hydrogen-bond acceptors (Lipinski definition) is 5. The Morgan fingerprint density at radius 1 is 0.757 bits per heavy atom. The molecule has 2 fully saturated rings. The highest BCUT2D eigenvalue weighted by Gasteiger charge is 2.20. The lowest BCUT2D eigenvalue weighted by Crippen LogP contribution is -2.34. The predicted octanol–water partition coefficient (Wildman–Crippen LogP) is 5.02. The molecule has 0 atom stereocenters. The molecule has 196 valence electrons. The second-order valence-electron chi connectivity index (χ2n) is 9.24. The monoisotopic (exact) mass is 504 g/mol. The van der Waals surface area contributed by atoms with Crippen molar-refractivity contribution in [1.29, 1.82) is 0 Å². The summed E-state index contributed by atoms with van der Waals surface area (Å²) < 4.78 is 0. The second kappa shape index (κ2) is 14.0. The van der Waals surface area contributed by atoms with Crippen molar-refractivity contribution in [2.75, 3.05) is 26.2 Å². The van der Waals surface area contributed by atoms with E-state index < -0.39 is 5.78 Å². The molecule has 7 nitrogen and oxygen atoms in total. The van der Waals surface area contributed by atoms with Gasteiger partial charge in [-0.25, -0.2) is 0 Å². The fourth-order valence-electron chi connectivity index (χ4n) is 4.49. The third kappa shape index (κ3) is 7.56. The van der Waals surface area contributed by atoms with Gasteiger partial charge in [-0.3, -0.25) is 14.4 Å². The molecule has 0 saturated carbocycles. The van der Waals surface area contributed by atoms with Gasteiger partial charge in [-0.05, 0) is 63.7 Å². The SMILES string of the molecule is C/C=C/c1cccc(C(=O)c2cccc(/C=C/C(=O)N3CCCCC3)c2O)c1O.O=CN1CCCCC1. The maximum atomic E-state index is 12.9. The van der Waals surface area contributed by atoms with Gasteiger partial charge in [-0.2, -0.15) is 0 Å². The smallest absolute Gasteiger partial charge is 0.246 e. The second-order valence-corrected chi connectivity index (χ2v) is 9.24. The van der Waals surface area contributed by atoms with Crippen molar-refractivity contribution in [2.45, 2.75) is 45.4 Å². The number of allylic oxidation sites excluding steroid dienone is 1. The molecule has 0 aromatic heterocycles. The van der Waals surface area contributed by atoms with E-state index in [0.717, 1.165) is 51.9 Å². The molecule has 0 bridgehead atoms. The zero-order chi connectivity index (χ0) is 26.6. The lowest BCUT2D eigenvalue weighted by atomic mass is 9.97. The molecular formula is C30H36N2O5. The molecule has 4 rings (SSSR count). The Kier molecular flexibility index (Phi) is 10.5. The van der Waals surface area contributed by atoms with Crippen LogP contribution in [0.4, 0.5) is 0 Å². The van der Waals surface area contributed by atoms with E-state index in [4.69, 9.17) is 0 Å². The lowest BCUT2D eigenvalue weighted by molar-refractivity contribution is -0.126. The van der Waals surface area contributed by atoms with Gasteiger partial charge >= 0.3 is 0 Å². The van der Waals surface area contributed by atoms with Crippen molar-refractivity contribution in [3.63, 3.8) is 0 Å². The van der Waals surface area contributed by atoms with Crippen LogP contribution in [0.3, 0.4) is 0 Å². The number of hydrogen-bond donors (Lipinski definition) is 2. The molecule has 2 aromatic rings. The number of carbonyl (C=O) groups is 3. The number of amides is 2. The Labute approximate surface area is 218 Å². The van der Waals surface area contributed by atoms with Gasteiger partial charge in [0.1, 0.15) is 11.5 Å². The lowest BCUT2D eigenvalue weighted by Gasteiger charge is -2.25. The number of carbonyl (C=O) groups excluding carboxylic acids is 3. The molecule has 2 aliphatic heterocycles. The highest BCUT2D eigenvalue weighted by atomic mass is 16.3. The Balaban J connectivity index is 0.000000405. The van der Waals surface area contributed by atoms with Gasteiger partial charge in [0.05, 0.1) is 11.1 Å². The number of aromatic hydroxyl groups is 2. The number of ketones is 1. The van der Waals surface area contributed by atoms with Crippen molar-refractivity contribution < 1.29 is 24.6 Å². The van der Waals surface area contributed by atoms with Crippen LogP contribution in [0.2, 0.25) is 0 Å². The van der Waals surface area contributed by atoms with Gasteiger partial charge in [0, 0.05) is 43.4 Å². The van der Waals surface area contributed by atoms with E-state index in [1.165, 1.54) is 43.5 Å². The molecule has 0 radical (unpaired) electrons. The number of nitrogens with zero attached hydrogens (tertiary/aromatic N) is 2. The summed E-state index contributed by atoms with van der Waals surface area (Å²) >= 11 is 0. The quantitative estimate of drug-likeness (QED) is 0.327. The first-order valence-electron chi connectivity index (χ1n) is 12.9. The summed E-state index contributed by atoms with van der Waals surface area (Å²) in [4.78, 5) is 39.0. The van der Waals surface area contributed by atoms with Crippen LogP contribution in [0.25, 0.3) is 12.2 Å². The maximum Gasteiger partial charge on any atom is 0.246 e. The summed E-state index contributed by atoms with van der Waals surface area (Å²) in [5.41, 5.74) is 1.10. The molecule has 2 amide bonds. The van der Waals surface area contributed by atoms with Gasteiger partial charge < -0.3 is 20.0 Å². The number of phenolic OH excluding ortho intramolecular Hbond substituents is 2. The van der Waals surface area contributed by atoms with E-state index in [0.29, 0.717) is 11.1 Å². The summed E-state index contributed by atoms with van der Waals surface area (Å²) in [5, 5.41) is 21.0. The number of likely N-dealkylation sites (tertiary alicyclic amines) is 2. The molecule has 0 aliphatic carbocycles. The largest absolute Gasteiger partial charge is 0.507 e. The van der Waals surface area contributed by atoms with Crippen LogP contribution in [0, 0.1) is 0 Å². The minimum absolute atomic E-state index is 0.0745. The van der Waals surface area contributed by atoms with E-state index in [1.54, 1.807) is 41.3 Å². The van der Waals surface area contributed by atoms with Crippen LogP contribution >= 0.6 is 0 Å². The van der Waals surface area contributed by atoms with Crippen LogP contribution in [-0.4, -0.2) is 64.3 Å². The van der Waals surface area contributed by atoms with E-state index >= 15 is 0 Å². The molecule has 37 heavy (non-hydrogen) atoms. The molecule has 2 aliphatic rings. The number of para-hydroxylation sites is 2. The molecule has 2 aromatic carbocycles. The van der Waals surface area contributed by atoms with Gasteiger partial charge in [0.2, 0.25) is 18.1 Å². The molecule has 0 spiro atoms. The first-order chi connectivity index (χ1) is 18.0. The van der Waals surface area contributed by atoms with E-state index in [2.05, 4.69) is 0 Å². The van der Waals surface area contributed by atoms with Crippen LogP contribution in [0.15, 0.2) is 48.6 Å². The Bertz CT molecular complexity index is 1140. The fraction of sp³-hybridized carbons (Fsp3) is 0.367. The van der Waals surface area contributed by atoms with Gasteiger partial charge in [0.15, 0.2) is 0 Å². The molecule has 2 N–H and O–H groups in total. The van der Waals surface area contributed by atoms with Crippen LogP contribution in [-0.2, 0) is 9.59 Å². The third-order valence-electron chi connectivity index (χ3n) is 6.58. The Morgan fingerprint density at radius 3 is 1.76 bits per heavy atom. The fourth-order valence-corrected chi connectivity index (χ4v) is 4.49. The van der Waals surface area contributed by atoms with E-state index in [1.807, 2.05) is 11.8 Å². The summed E-state index contributed by atoms with van der Waals surface area (Å²) in [7, 11) is 0. The zero-order valence-electron chi connectivity index (χ0n) is 21.4. The average Bonchev–Trinajstić information content (AvgIpc) is 2.94. The van der Waals surface area contributed by atoms with Crippen LogP contribution in [0.5, 0.6) is 11.5 Å². The van der Waals surface area contributed by atoms with Gasteiger partial charge in [-0.15, -0.1) is 0 Å². The first kappa shape index (κ1) is 27.7. The minimum atomic E-state index is -0.482. The van der Waals surface area contributed by atoms with Crippen molar-refractivity contribution in [2.24, 2.45) is 0 Å². The van der Waals surface area contributed by atoms with E-state index in [9.17, 15) is 24.6 Å². The van der Waals surface area contributed by atoms with Crippen LogP contribution < -0.4 is 0 Å². The number of benzene rings is 2. The molecule has 7 heteroatoms. The summed E-state index contributed by atoms with van der Waals surface area (Å²) in [6, 6.07) is 9.69. The molecule has 0 unspecified atom stereocenters. The van der Waals surface area contributed by atoms with Crippen molar-refractivity contribution in [1.82, 2.24) is 9.80 Å². The van der Waals surface area contributed by atoms with Crippen molar-refractivity contribution in [3.8, 4) is 11.5 Å². The average molecular weight is 505 g/mol. The molecule has 2 saturated heterocycles. The predicted molar refractivity (Wildman–Crippen MR) is 145 cm³/mol. The molecule has 2 heterocycles. The van der Waals surface area contributed by atoms with Crippen LogP contribution in [0.1, 0.15) is 72.5 Å². The first-order valence-corrected chi connectivity index (χ1v) is 12.9. The maximum absolute atomic E-state index is 12.9. The Morgan fingerprint density at radius 2 is 1.27 bits per heavy atom. The number of piperidine rings is 2. The van der Waals surface area contributed by atoms with Gasteiger partial charge in [-0.1, -0.05) is 36.4 Å². The standard InChI is InChI=1S/C24H25NO4.C6H11NO/c1-2-8-17-9-6-11-19(22(17)27)24(29)20-12-7-10-18(23(20)28)13-14-21(26)25-15-4-3-5-16-25;8-6-7-4-2-1-3-5-7/h2,6-14,27-28H,3-5,15-16H2,1H3;6H,1-5H2/b8-2+,14-13+;. The third-order valence-corrected chi connectivity index (χ3v) is 6.58. The molecular weight excluding hydrogens is 468 g/mol. The normalized spacial score (nSPS) is 15.9. The van der Waals surface area contributed by atoms with E-state index in [-0.39, 0.29) is 28.5 Å². The highest BCUT2D eigenvalue weighted by Crippen LogP contribution is 2.31. The van der Waals surface area contributed by atoms with Crippen molar-refractivity contribution in [3.05, 3.63) is 70.8 Å².